The molecular formula is C28H41BrO5. The lowest BCUT2D eigenvalue weighted by atomic mass is 9.91. The second-order valence-electron chi connectivity index (χ2n) is 9.83. The van der Waals surface area contributed by atoms with Crippen molar-refractivity contribution < 1.29 is 24.2 Å². The molecule has 2 aromatic carbocycles. The lowest BCUT2D eigenvalue weighted by Gasteiger charge is -2.20. The summed E-state index contributed by atoms with van der Waals surface area (Å²) in [4.78, 5) is 22.1. The fourth-order valence-electron chi connectivity index (χ4n) is 2.69. The molecule has 5 nitrogen and oxygen atoms in total. The minimum Gasteiger partial charge on any atom is -0.494 e. The van der Waals surface area contributed by atoms with Gasteiger partial charge < -0.3 is 14.6 Å². The maximum absolute atomic E-state index is 11.9. The summed E-state index contributed by atoms with van der Waals surface area (Å²) in [6.45, 7) is 12.4. The van der Waals surface area contributed by atoms with Crippen molar-refractivity contribution >= 4 is 38.6 Å². The summed E-state index contributed by atoms with van der Waals surface area (Å²) >= 11 is 3.49. The number of unbranched alkanes of at least 4 members (excludes halogenated alkanes) is 3. The molecule has 0 atom stereocenters. The molecule has 0 bridgehead atoms. The zero-order chi connectivity index (χ0) is 25.8. The molecule has 0 heterocycles. The molecule has 190 valence electrons. The van der Waals surface area contributed by atoms with Crippen LogP contribution < -0.4 is 4.74 Å². The monoisotopic (exact) mass is 536 g/mol. The van der Waals surface area contributed by atoms with Crippen LogP contribution in [0.3, 0.4) is 0 Å². The summed E-state index contributed by atoms with van der Waals surface area (Å²) in [6.07, 6.45) is 5.53. The van der Waals surface area contributed by atoms with Crippen LogP contribution in [0, 0.1) is 10.8 Å². The molecule has 0 radical (unpaired) electrons. The molecule has 1 N–H and O–H groups in total. The van der Waals surface area contributed by atoms with Crippen molar-refractivity contribution in [1.82, 2.24) is 0 Å². The van der Waals surface area contributed by atoms with E-state index in [0.29, 0.717) is 19.6 Å². The number of carboxylic acid groups (broad SMARTS) is 1. The van der Waals surface area contributed by atoms with Gasteiger partial charge in [-0.1, -0.05) is 41.9 Å². The Morgan fingerprint density at radius 2 is 1.38 bits per heavy atom. The highest BCUT2D eigenvalue weighted by Crippen LogP contribution is 2.24. The Hall–Kier alpha value is -2.08. The van der Waals surface area contributed by atoms with Crippen molar-refractivity contribution in [1.29, 1.82) is 0 Å². The highest BCUT2D eigenvalue weighted by molar-refractivity contribution is 9.10. The summed E-state index contributed by atoms with van der Waals surface area (Å²) in [5.74, 6) is 0.0993. The molecule has 0 amide bonds. The lowest BCUT2D eigenvalue weighted by Crippen LogP contribution is -2.26. The van der Waals surface area contributed by atoms with Crippen LogP contribution in [0.1, 0.15) is 80.1 Å². The quantitative estimate of drug-likeness (QED) is 0.219. The van der Waals surface area contributed by atoms with E-state index in [9.17, 15) is 9.59 Å². The van der Waals surface area contributed by atoms with Gasteiger partial charge in [0, 0.05) is 4.47 Å². The van der Waals surface area contributed by atoms with Crippen molar-refractivity contribution in [2.24, 2.45) is 10.8 Å². The van der Waals surface area contributed by atoms with Crippen molar-refractivity contribution in [2.45, 2.75) is 80.1 Å². The van der Waals surface area contributed by atoms with Gasteiger partial charge in [0.1, 0.15) is 5.75 Å². The molecule has 0 aromatic heterocycles. The zero-order valence-electron chi connectivity index (χ0n) is 21.6. The predicted octanol–water partition coefficient (Wildman–Crippen LogP) is 8.03. The van der Waals surface area contributed by atoms with Crippen LogP contribution >= 0.6 is 15.9 Å². The van der Waals surface area contributed by atoms with Gasteiger partial charge in [-0.25, -0.2) is 0 Å². The van der Waals surface area contributed by atoms with Crippen molar-refractivity contribution in [2.75, 3.05) is 13.2 Å². The normalized spacial score (nSPS) is 11.5. The smallest absolute Gasteiger partial charge is 0.311 e. The molecule has 0 aliphatic rings. The van der Waals surface area contributed by atoms with Crippen LogP contribution in [-0.4, -0.2) is 30.3 Å². The second kappa shape index (κ2) is 14.3. The first-order chi connectivity index (χ1) is 15.9. The average Bonchev–Trinajstić information content (AvgIpc) is 2.80. The third kappa shape index (κ3) is 10.5. The van der Waals surface area contributed by atoms with Gasteiger partial charge >= 0.3 is 11.9 Å². The Morgan fingerprint density at radius 3 is 1.94 bits per heavy atom. The largest absolute Gasteiger partial charge is 0.494 e. The molecule has 0 aliphatic carbocycles. The highest BCUT2D eigenvalue weighted by Gasteiger charge is 2.26. The van der Waals surface area contributed by atoms with E-state index in [2.05, 4.69) is 40.2 Å². The molecule has 0 spiro atoms. The molecule has 2 rings (SSSR count). The Morgan fingerprint density at radius 1 is 0.824 bits per heavy atom. The van der Waals surface area contributed by atoms with Crippen LogP contribution in [-0.2, 0) is 14.3 Å². The number of carbonyl (C=O) groups is 2. The molecule has 34 heavy (non-hydrogen) atoms. The van der Waals surface area contributed by atoms with E-state index in [1.807, 2.05) is 39.8 Å². The maximum atomic E-state index is 11.9. The van der Waals surface area contributed by atoms with Gasteiger partial charge in [-0.3, -0.25) is 9.59 Å². The number of fused-ring (bicyclic) bond motifs is 1. The first-order valence-corrected chi connectivity index (χ1v) is 12.9. The number of rotatable bonds is 12. The molecule has 6 heteroatoms. The van der Waals surface area contributed by atoms with Crippen molar-refractivity contribution in [3.05, 3.63) is 40.9 Å². The molecule has 0 unspecified atom stereocenters. The van der Waals surface area contributed by atoms with Crippen LogP contribution in [0.4, 0.5) is 0 Å². The molecule has 0 fully saturated rings. The lowest BCUT2D eigenvalue weighted by molar-refractivity contribution is -0.154. The van der Waals surface area contributed by atoms with Crippen LogP contribution in [0.25, 0.3) is 10.8 Å². The minimum absolute atomic E-state index is 0.0910. The number of aliphatic carboxylic acids is 1. The maximum Gasteiger partial charge on any atom is 0.311 e. The van der Waals surface area contributed by atoms with E-state index in [0.717, 1.165) is 42.3 Å². The number of halogens is 1. The minimum atomic E-state index is -0.722. The van der Waals surface area contributed by atoms with Crippen LogP contribution in [0.2, 0.25) is 0 Å². The zero-order valence-corrected chi connectivity index (χ0v) is 23.2. The average molecular weight is 538 g/mol. The van der Waals surface area contributed by atoms with Gasteiger partial charge in [0.05, 0.1) is 24.0 Å². The summed E-state index contributed by atoms with van der Waals surface area (Å²) in [5, 5.41) is 10.8. The Kier molecular flexibility index (Phi) is 12.6. The Bertz CT molecular complexity index is 920. The topological polar surface area (TPSA) is 72.8 Å². The SMILES string of the molecule is CCC(C)(C)C(=O)O.CCC(C)(C)C(=O)OCCCCCCOc1ccc2cc(Br)ccc2c1. The molecule has 0 saturated carbocycles. The van der Waals surface area contributed by atoms with E-state index in [1.54, 1.807) is 13.8 Å². The van der Waals surface area contributed by atoms with Crippen LogP contribution in [0.5, 0.6) is 5.75 Å². The highest BCUT2D eigenvalue weighted by atomic mass is 79.9. The summed E-state index contributed by atoms with van der Waals surface area (Å²) in [7, 11) is 0. The van der Waals surface area contributed by atoms with Gasteiger partial charge in [-0.05, 0) is 101 Å². The third-order valence-electron chi connectivity index (χ3n) is 6.21. The van der Waals surface area contributed by atoms with E-state index < -0.39 is 11.4 Å². The number of benzene rings is 2. The summed E-state index contributed by atoms with van der Waals surface area (Å²) in [5.41, 5.74) is -0.913. The standard InChI is InChI=1S/C22H29BrO3.C6H12O2/c1-4-22(2,3)21(24)26-14-8-6-5-7-13-25-20-12-10-17-15-19(23)11-9-18(17)16-20;1-4-6(2,3)5(7)8/h9-12,15-16H,4-8,13-14H2,1-3H3;4H2,1-3H3,(H,7,8). The van der Waals surface area contributed by atoms with Gasteiger partial charge in [0.2, 0.25) is 0 Å². The van der Waals surface area contributed by atoms with Gasteiger partial charge in [0.15, 0.2) is 0 Å². The van der Waals surface area contributed by atoms with Gasteiger partial charge in [0.25, 0.3) is 0 Å². The Balaban J connectivity index is 0.000000620. The fraction of sp³-hybridized carbons (Fsp3) is 0.571. The molecular weight excluding hydrogens is 496 g/mol. The number of hydrogen-bond acceptors (Lipinski definition) is 4. The van der Waals surface area contributed by atoms with Crippen LogP contribution in [0.15, 0.2) is 40.9 Å². The van der Waals surface area contributed by atoms with E-state index in [4.69, 9.17) is 14.6 Å². The summed E-state index contributed by atoms with van der Waals surface area (Å²) < 4.78 is 12.3. The van der Waals surface area contributed by atoms with Crippen molar-refractivity contribution in [3.63, 3.8) is 0 Å². The number of carbonyl (C=O) groups excluding carboxylic acids is 1. The fourth-order valence-corrected chi connectivity index (χ4v) is 3.07. The number of hydrogen-bond donors (Lipinski definition) is 1. The first-order valence-electron chi connectivity index (χ1n) is 12.2. The summed E-state index contributed by atoms with van der Waals surface area (Å²) in [6, 6.07) is 12.4. The molecule has 0 saturated heterocycles. The predicted molar refractivity (Wildman–Crippen MR) is 142 cm³/mol. The Labute approximate surface area is 213 Å². The molecule has 2 aromatic rings. The molecule has 0 aliphatic heterocycles. The third-order valence-corrected chi connectivity index (χ3v) is 6.71. The van der Waals surface area contributed by atoms with Crippen molar-refractivity contribution in [3.8, 4) is 5.75 Å². The number of esters is 1. The van der Waals surface area contributed by atoms with E-state index >= 15 is 0 Å². The van der Waals surface area contributed by atoms with E-state index in [-0.39, 0.29) is 11.4 Å². The first kappa shape index (κ1) is 30.0. The number of ether oxygens (including phenoxy) is 2. The number of carboxylic acids is 1. The van der Waals surface area contributed by atoms with E-state index in [1.165, 1.54) is 10.8 Å². The second-order valence-corrected chi connectivity index (χ2v) is 10.7. The van der Waals surface area contributed by atoms with Gasteiger partial charge in [-0.15, -0.1) is 0 Å². The van der Waals surface area contributed by atoms with Gasteiger partial charge in [-0.2, -0.15) is 0 Å².